The molecule has 4 aliphatic carbocycles. The van der Waals surface area contributed by atoms with Gasteiger partial charge >= 0.3 is 12.1 Å². The van der Waals surface area contributed by atoms with Crippen LogP contribution >= 0.6 is 0 Å². The largest absolute Gasteiger partial charge is 0.508 e. The van der Waals surface area contributed by atoms with Gasteiger partial charge in [-0.25, -0.2) is 9.59 Å². The van der Waals surface area contributed by atoms with E-state index in [1.165, 1.54) is 81.7 Å². The van der Waals surface area contributed by atoms with Crippen LogP contribution in [-0.2, 0) is 29.3 Å². The van der Waals surface area contributed by atoms with Crippen LogP contribution < -0.4 is 15.4 Å². The van der Waals surface area contributed by atoms with E-state index in [4.69, 9.17) is 28.4 Å². The summed E-state index contributed by atoms with van der Waals surface area (Å²) in [5, 5.41) is 26.2. The number of rotatable bonds is 21. The molecular weight excluding hydrogens is 913 g/mol. The van der Waals surface area contributed by atoms with Gasteiger partial charge in [-0.1, -0.05) is 71.6 Å². The van der Waals surface area contributed by atoms with Gasteiger partial charge in [-0.2, -0.15) is 0 Å². The average molecular weight is 991 g/mol. The van der Waals surface area contributed by atoms with Crippen molar-refractivity contribution in [2.24, 2.45) is 46.3 Å². The monoisotopic (exact) mass is 991 g/mol. The first-order chi connectivity index (χ1) is 34.7. The molecule has 4 N–H and O–H groups in total. The molecule has 0 aromatic heterocycles. The predicted molar refractivity (Wildman–Crippen MR) is 273 cm³/mol. The lowest BCUT2D eigenvalue weighted by molar-refractivity contribution is -0.0581. The number of nitrogens with one attached hydrogen (secondary N) is 2. The Morgan fingerprint density at radius 2 is 1.39 bits per heavy atom. The van der Waals surface area contributed by atoms with E-state index in [9.17, 15) is 24.6 Å². The molecule has 1 spiro atoms. The molecule has 9 rings (SSSR count). The van der Waals surface area contributed by atoms with E-state index < -0.39 is 11.6 Å². The Hall–Kier alpha value is -5.11. The molecule has 2 aliphatic heterocycles. The highest BCUT2D eigenvalue weighted by Gasteiger charge is 2.59. The number of carbonyl (C=O) groups excluding carboxylic acids is 3. The minimum atomic E-state index is -1.39. The molecule has 72 heavy (non-hydrogen) atoms. The maximum absolute atomic E-state index is 13.4. The quantitative estimate of drug-likeness (QED) is 0.0455. The standard InChI is InChI=1S/C59H78N2O11/c1-37(2)9-6-10-38(3)46-19-20-47-44-15-12-40-34-43(21-23-57(40,4)48(44)22-24-58(46,47)5)70-56(66)61-26-8-28-68-30-32-69-31-29-67-27-7-25-60-54(64)39-11-16-49-45(33-39)55(65)72-59(49)50-17-13-41(62)35-52(50)71-53-36-42(63)14-18-51(53)59/h11-14,16-18,33,35-38,43-44,46-48,62-63H,6-10,15,19-32,34H2,1-5H3,(H,60,64)(H,61,66)/t38-,43+,44+,46-,47+,48+,57+,58-/m1/s1. The molecule has 13 nitrogen and oxygen atoms in total. The summed E-state index contributed by atoms with van der Waals surface area (Å²) in [6, 6.07) is 14.0. The Morgan fingerprint density at radius 3 is 2.07 bits per heavy atom. The Morgan fingerprint density at radius 1 is 0.736 bits per heavy atom. The lowest BCUT2D eigenvalue weighted by atomic mass is 9.47. The van der Waals surface area contributed by atoms with Crippen molar-refractivity contribution in [2.45, 2.75) is 130 Å². The lowest BCUT2D eigenvalue weighted by Gasteiger charge is -2.58. The molecule has 3 fully saturated rings. The van der Waals surface area contributed by atoms with Crippen LogP contribution in [0.15, 0.2) is 66.2 Å². The summed E-state index contributed by atoms with van der Waals surface area (Å²) >= 11 is 0. The third-order valence-electron chi connectivity index (χ3n) is 17.8. The maximum atomic E-state index is 13.4. The zero-order valence-electron chi connectivity index (χ0n) is 43.2. The first-order valence-electron chi connectivity index (χ1n) is 27.1. The van der Waals surface area contributed by atoms with Gasteiger partial charge in [0.2, 0.25) is 0 Å². The number of amides is 2. The van der Waals surface area contributed by atoms with Gasteiger partial charge in [0.1, 0.15) is 29.1 Å². The smallest absolute Gasteiger partial charge is 0.407 e. The van der Waals surface area contributed by atoms with Crippen LogP contribution in [0.2, 0.25) is 0 Å². The number of carbonyl (C=O) groups is 3. The molecule has 2 amide bonds. The lowest BCUT2D eigenvalue weighted by Crippen LogP contribution is -2.51. The zero-order chi connectivity index (χ0) is 50.6. The minimum absolute atomic E-state index is 0.0299. The van der Waals surface area contributed by atoms with Gasteiger partial charge in [0.25, 0.3) is 5.91 Å². The highest BCUT2D eigenvalue weighted by molar-refractivity contribution is 6.01. The van der Waals surface area contributed by atoms with Crippen LogP contribution in [0.3, 0.4) is 0 Å². The topological polar surface area (TPSA) is 171 Å². The summed E-state index contributed by atoms with van der Waals surface area (Å²) in [7, 11) is 0. The van der Waals surface area contributed by atoms with Gasteiger partial charge in [-0.3, -0.25) is 4.79 Å². The molecule has 6 aliphatic rings. The van der Waals surface area contributed by atoms with Gasteiger partial charge in [0.15, 0.2) is 5.60 Å². The number of aromatic hydroxyl groups is 2. The molecule has 0 radical (unpaired) electrons. The SMILES string of the molecule is CC(C)CCC[C@@H](C)[C@H]1CC[C@H]2[C@@H]3CC=C4C[C@@H](OC(=O)NCCCOCCOCCOCCCNC(=O)c5ccc6c(c5)C(=O)OC65c6ccc(O)cc6Oc6cc(O)ccc65)CC[C@]4(C)[C@H]3CC[C@]12C. The second kappa shape index (κ2) is 22.2. The first-order valence-corrected chi connectivity index (χ1v) is 27.1. The molecule has 0 unspecified atom stereocenters. The normalized spacial score (nSPS) is 26.7. The fraction of sp³-hybridized carbons (Fsp3) is 0.610. The van der Waals surface area contributed by atoms with Crippen molar-refractivity contribution in [1.82, 2.24) is 10.6 Å². The van der Waals surface area contributed by atoms with Crippen LogP contribution in [0.4, 0.5) is 4.79 Å². The minimum Gasteiger partial charge on any atom is -0.508 e. The third kappa shape index (κ3) is 10.5. The van der Waals surface area contributed by atoms with Crippen molar-refractivity contribution >= 4 is 18.0 Å². The molecule has 3 aromatic carbocycles. The second-order valence-electron chi connectivity index (χ2n) is 22.6. The second-order valence-corrected chi connectivity index (χ2v) is 22.6. The number of alkyl carbamates (subject to hydrolysis) is 1. The van der Waals surface area contributed by atoms with Crippen LogP contribution in [0.5, 0.6) is 23.0 Å². The highest BCUT2D eigenvalue weighted by atomic mass is 16.6. The summed E-state index contributed by atoms with van der Waals surface area (Å²) in [5.74, 6) is 4.46. The number of benzene rings is 3. The third-order valence-corrected chi connectivity index (χ3v) is 17.8. The molecule has 390 valence electrons. The van der Waals surface area contributed by atoms with Crippen LogP contribution in [0, 0.1) is 46.3 Å². The van der Waals surface area contributed by atoms with Crippen molar-refractivity contribution in [3.63, 3.8) is 0 Å². The van der Waals surface area contributed by atoms with Gasteiger partial charge in [-0.05, 0) is 141 Å². The average Bonchev–Trinajstić information content (AvgIpc) is 3.86. The molecule has 3 aromatic rings. The van der Waals surface area contributed by atoms with Crippen molar-refractivity contribution in [2.75, 3.05) is 52.7 Å². The van der Waals surface area contributed by atoms with Crippen LogP contribution in [0.25, 0.3) is 0 Å². The van der Waals surface area contributed by atoms with E-state index in [0.717, 1.165) is 54.8 Å². The van der Waals surface area contributed by atoms with Gasteiger partial charge in [0, 0.05) is 67.1 Å². The number of ether oxygens (including phenoxy) is 6. The summed E-state index contributed by atoms with van der Waals surface area (Å²) in [5.41, 5.74) is 2.96. The van der Waals surface area contributed by atoms with Crippen LogP contribution in [0.1, 0.15) is 155 Å². The van der Waals surface area contributed by atoms with E-state index in [1.807, 2.05) is 0 Å². The number of allylic oxidation sites excluding steroid dienone is 1. The highest BCUT2D eigenvalue weighted by Crippen LogP contribution is 2.67. The van der Waals surface area contributed by atoms with Gasteiger partial charge in [0.05, 0.1) is 32.0 Å². The molecule has 13 heteroatoms. The molecule has 0 bridgehead atoms. The van der Waals surface area contributed by atoms with Crippen molar-refractivity contribution < 1.29 is 53.0 Å². The van der Waals surface area contributed by atoms with E-state index >= 15 is 0 Å². The summed E-state index contributed by atoms with van der Waals surface area (Å²) in [4.78, 5) is 39.4. The number of phenolic OH excluding ortho intramolecular Hbond substituents is 2. The number of hydrogen-bond donors (Lipinski definition) is 4. The predicted octanol–water partition coefficient (Wildman–Crippen LogP) is 11.4. The summed E-state index contributed by atoms with van der Waals surface area (Å²) in [6.45, 7) is 16.0. The Balaban J connectivity index is 0.608. The number of esters is 1. The Labute approximate surface area is 426 Å². The maximum Gasteiger partial charge on any atom is 0.407 e. The molecule has 8 atom stereocenters. The number of fused-ring (bicyclic) bond motifs is 11. The zero-order valence-corrected chi connectivity index (χ0v) is 43.2. The molecular formula is C59H78N2O11. The van der Waals surface area contributed by atoms with Gasteiger partial charge < -0.3 is 49.3 Å². The van der Waals surface area contributed by atoms with Crippen molar-refractivity contribution in [3.05, 3.63) is 94.1 Å². The van der Waals surface area contributed by atoms with E-state index in [-0.39, 0.29) is 52.1 Å². The fourth-order valence-corrected chi connectivity index (χ4v) is 14.2. The number of hydrogen-bond acceptors (Lipinski definition) is 11. The Kier molecular flexibility index (Phi) is 15.9. The number of phenols is 2. The van der Waals surface area contributed by atoms with Crippen molar-refractivity contribution in [1.29, 1.82) is 0 Å². The van der Waals surface area contributed by atoms with E-state index in [1.54, 1.807) is 29.8 Å². The van der Waals surface area contributed by atoms with Crippen molar-refractivity contribution in [3.8, 4) is 23.0 Å². The molecule has 3 saturated carbocycles. The van der Waals surface area contributed by atoms with E-state index in [2.05, 4.69) is 51.3 Å². The van der Waals surface area contributed by atoms with E-state index in [0.29, 0.717) is 93.2 Å². The fourth-order valence-electron chi connectivity index (χ4n) is 14.2. The summed E-state index contributed by atoms with van der Waals surface area (Å²) < 4.78 is 35.1. The first kappa shape index (κ1) is 51.8. The molecule has 2 heterocycles. The Bertz CT molecular complexity index is 2420. The van der Waals surface area contributed by atoms with Crippen LogP contribution in [-0.4, -0.2) is 87.0 Å². The summed E-state index contributed by atoms with van der Waals surface area (Å²) in [6.07, 6.45) is 17.2. The van der Waals surface area contributed by atoms with Gasteiger partial charge in [-0.15, -0.1) is 0 Å². The molecule has 0 saturated heterocycles.